The smallest absolute Gasteiger partial charge is 0.238 e. The minimum Gasteiger partial charge on any atom is -0.338 e. The van der Waals surface area contributed by atoms with Crippen molar-refractivity contribution in [3.8, 4) is 0 Å². The molecule has 7 heteroatoms. The van der Waals surface area contributed by atoms with Gasteiger partial charge in [-0.15, -0.1) is 0 Å². The highest BCUT2D eigenvalue weighted by Gasteiger charge is 2.28. The highest BCUT2D eigenvalue weighted by molar-refractivity contribution is 7.88. The van der Waals surface area contributed by atoms with Gasteiger partial charge >= 0.3 is 0 Å². The number of rotatable bonds is 5. The molecule has 1 amide bonds. The van der Waals surface area contributed by atoms with Crippen LogP contribution in [-0.2, 0) is 21.2 Å². The molecule has 2 rings (SSSR count). The fourth-order valence-electron chi connectivity index (χ4n) is 2.83. The van der Waals surface area contributed by atoms with E-state index in [0.717, 1.165) is 35.4 Å². The largest absolute Gasteiger partial charge is 0.338 e. The van der Waals surface area contributed by atoms with Crippen molar-refractivity contribution in [2.45, 2.75) is 31.7 Å². The van der Waals surface area contributed by atoms with Gasteiger partial charge in [0.05, 0.1) is 12.8 Å². The summed E-state index contributed by atoms with van der Waals surface area (Å²) < 4.78 is 37.0. The number of hydrogen-bond acceptors (Lipinski definition) is 3. The Morgan fingerprint density at radius 2 is 1.96 bits per heavy atom. The number of piperidine rings is 1. The lowest BCUT2D eigenvalue weighted by Crippen LogP contribution is -2.49. The molecular weight excluding hydrogens is 319 g/mol. The van der Waals surface area contributed by atoms with E-state index in [2.05, 4.69) is 0 Å². The van der Waals surface area contributed by atoms with E-state index in [4.69, 9.17) is 0 Å². The molecule has 1 aromatic carbocycles. The summed E-state index contributed by atoms with van der Waals surface area (Å²) in [5, 5.41) is 0. The van der Waals surface area contributed by atoms with Gasteiger partial charge in [0.2, 0.25) is 15.9 Å². The molecule has 0 aromatic heterocycles. The summed E-state index contributed by atoms with van der Waals surface area (Å²) in [5.74, 6) is -0.454. The topological polar surface area (TPSA) is 57.7 Å². The van der Waals surface area contributed by atoms with Crippen molar-refractivity contribution in [1.29, 1.82) is 0 Å². The number of carbonyl (C=O) groups is 1. The van der Waals surface area contributed by atoms with Gasteiger partial charge in [0.25, 0.3) is 0 Å². The first kappa shape index (κ1) is 17.9. The predicted octanol–water partition coefficient (Wildman–Crippen LogP) is 1.64. The quantitative estimate of drug-likeness (QED) is 0.817. The van der Waals surface area contributed by atoms with Crippen molar-refractivity contribution in [2.75, 3.05) is 26.4 Å². The molecule has 0 aliphatic carbocycles. The monoisotopic (exact) mass is 342 g/mol. The Balaban J connectivity index is 2.05. The SMILES string of the molecule is CN(CC(=O)N1CCCC[C@H]1Cc1ccc(F)cc1)S(C)(=O)=O. The summed E-state index contributed by atoms with van der Waals surface area (Å²) in [7, 11) is -1.96. The number of amides is 1. The van der Waals surface area contributed by atoms with Crippen LogP contribution in [0.3, 0.4) is 0 Å². The van der Waals surface area contributed by atoms with Gasteiger partial charge in [-0.25, -0.2) is 12.8 Å². The summed E-state index contributed by atoms with van der Waals surface area (Å²) in [5.41, 5.74) is 0.979. The Bertz CT molecular complexity index is 646. The Labute approximate surface area is 137 Å². The zero-order valence-electron chi connectivity index (χ0n) is 13.5. The maximum atomic E-state index is 13.0. The van der Waals surface area contributed by atoms with Gasteiger partial charge in [0.15, 0.2) is 0 Å². The first-order valence-electron chi connectivity index (χ1n) is 7.72. The normalized spacial score (nSPS) is 19.1. The average Bonchev–Trinajstić information content (AvgIpc) is 2.49. The molecular formula is C16H23FN2O3S. The molecule has 0 radical (unpaired) electrons. The summed E-state index contributed by atoms with van der Waals surface area (Å²) in [6.45, 7) is 0.501. The van der Waals surface area contributed by atoms with E-state index in [1.165, 1.54) is 19.2 Å². The molecule has 23 heavy (non-hydrogen) atoms. The van der Waals surface area contributed by atoms with Crippen molar-refractivity contribution in [2.24, 2.45) is 0 Å². The van der Waals surface area contributed by atoms with Crippen LogP contribution in [0.25, 0.3) is 0 Å². The van der Waals surface area contributed by atoms with Gasteiger partial charge in [-0.3, -0.25) is 4.79 Å². The zero-order chi connectivity index (χ0) is 17.0. The summed E-state index contributed by atoms with van der Waals surface area (Å²) >= 11 is 0. The molecule has 128 valence electrons. The number of likely N-dealkylation sites (tertiary alicyclic amines) is 1. The van der Waals surface area contributed by atoms with E-state index in [0.29, 0.717) is 13.0 Å². The van der Waals surface area contributed by atoms with Gasteiger partial charge in [0.1, 0.15) is 5.82 Å². The van der Waals surface area contributed by atoms with Gasteiger partial charge in [0, 0.05) is 19.6 Å². The lowest BCUT2D eigenvalue weighted by atomic mass is 9.95. The zero-order valence-corrected chi connectivity index (χ0v) is 14.4. The lowest BCUT2D eigenvalue weighted by molar-refractivity contribution is -0.134. The summed E-state index contributed by atoms with van der Waals surface area (Å²) in [4.78, 5) is 14.2. The number of benzene rings is 1. The molecule has 0 unspecified atom stereocenters. The van der Waals surface area contributed by atoms with E-state index in [1.54, 1.807) is 17.0 Å². The number of nitrogens with zero attached hydrogens (tertiary/aromatic N) is 2. The third-order valence-corrected chi connectivity index (χ3v) is 5.52. The van der Waals surface area contributed by atoms with E-state index in [1.807, 2.05) is 0 Å². The number of sulfonamides is 1. The molecule has 0 spiro atoms. The molecule has 5 nitrogen and oxygen atoms in total. The van der Waals surface area contributed by atoms with Gasteiger partial charge in [-0.05, 0) is 43.4 Å². The molecule has 1 fully saturated rings. The minimum atomic E-state index is -3.37. The van der Waals surface area contributed by atoms with E-state index in [9.17, 15) is 17.6 Å². The molecule has 1 saturated heterocycles. The van der Waals surface area contributed by atoms with Crippen LogP contribution in [0.2, 0.25) is 0 Å². The van der Waals surface area contributed by atoms with E-state index < -0.39 is 10.0 Å². The summed E-state index contributed by atoms with van der Waals surface area (Å²) in [6, 6.07) is 6.34. The average molecular weight is 342 g/mol. The van der Waals surface area contributed by atoms with Gasteiger partial charge < -0.3 is 4.90 Å². The second-order valence-corrected chi connectivity index (χ2v) is 8.18. The third kappa shape index (κ3) is 5.00. The standard InChI is InChI=1S/C16H23FN2O3S/c1-18(23(2,21)22)12-16(20)19-10-4-3-5-15(19)11-13-6-8-14(17)9-7-13/h6-9,15H,3-5,10-12H2,1-2H3/t15-/m0/s1. The minimum absolute atomic E-state index is 0.0367. The Morgan fingerprint density at radius 1 is 1.30 bits per heavy atom. The van der Waals surface area contributed by atoms with Crippen molar-refractivity contribution in [3.63, 3.8) is 0 Å². The van der Waals surface area contributed by atoms with Crippen LogP contribution in [0.4, 0.5) is 4.39 Å². The molecule has 1 heterocycles. The van der Waals surface area contributed by atoms with Crippen LogP contribution in [0.15, 0.2) is 24.3 Å². The highest BCUT2D eigenvalue weighted by atomic mass is 32.2. The molecule has 0 saturated carbocycles. The Morgan fingerprint density at radius 3 is 2.57 bits per heavy atom. The molecule has 1 aliphatic heterocycles. The fourth-order valence-corrected chi connectivity index (χ4v) is 3.18. The highest BCUT2D eigenvalue weighted by Crippen LogP contribution is 2.21. The van der Waals surface area contributed by atoms with Crippen LogP contribution in [0, 0.1) is 5.82 Å². The third-order valence-electron chi connectivity index (χ3n) is 4.26. The van der Waals surface area contributed by atoms with E-state index >= 15 is 0 Å². The maximum Gasteiger partial charge on any atom is 0.238 e. The van der Waals surface area contributed by atoms with Crippen LogP contribution in [-0.4, -0.2) is 56.0 Å². The first-order chi connectivity index (χ1) is 10.8. The summed E-state index contributed by atoms with van der Waals surface area (Å²) in [6.07, 6.45) is 4.60. The van der Waals surface area contributed by atoms with Crippen molar-refractivity contribution in [1.82, 2.24) is 9.21 Å². The van der Waals surface area contributed by atoms with Crippen LogP contribution in [0.5, 0.6) is 0 Å². The molecule has 0 N–H and O–H groups in total. The van der Waals surface area contributed by atoms with E-state index in [-0.39, 0.29) is 24.3 Å². The van der Waals surface area contributed by atoms with Crippen LogP contribution in [0.1, 0.15) is 24.8 Å². The Kier molecular flexibility index (Phi) is 5.75. The van der Waals surface area contributed by atoms with Gasteiger partial charge in [-0.2, -0.15) is 4.31 Å². The molecule has 1 aromatic rings. The lowest BCUT2D eigenvalue weighted by Gasteiger charge is -2.36. The second kappa shape index (κ2) is 7.40. The number of likely N-dealkylation sites (N-methyl/N-ethyl adjacent to an activating group) is 1. The molecule has 0 bridgehead atoms. The Hall–Kier alpha value is -1.47. The van der Waals surface area contributed by atoms with Crippen LogP contribution < -0.4 is 0 Å². The maximum absolute atomic E-state index is 13.0. The number of carbonyl (C=O) groups excluding carboxylic acids is 1. The number of hydrogen-bond donors (Lipinski definition) is 0. The van der Waals surface area contributed by atoms with Crippen molar-refractivity contribution < 1.29 is 17.6 Å². The number of halogens is 1. The van der Waals surface area contributed by atoms with Crippen LogP contribution >= 0.6 is 0 Å². The van der Waals surface area contributed by atoms with Crippen molar-refractivity contribution >= 4 is 15.9 Å². The van der Waals surface area contributed by atoms with Crippen molar-refractivity contribution in [3.05, 3.63) is 35.6 Å². The molecule has 1 atom stereocenters. The second-order valence-electron chi connectivity index (χ2n) is 6.09. The molecule has 1 aliphatic rings. The predicted molar refractivity (Wildman–Crippen MR) is 86.9 cm³/mol. The fraction of sp³-hybridized carbons (Fsp3) is 0.562. The van der Waals surface area contributed by atoms with Gasteiger partial charge in [-0.1, -0.05) is 12.1 Å². The first-order valence-corrected chi connectivity index (χ1v) is 9.57.